The second-order valence-corrected chi connectivity index (χ2v) is 4.39. The lowest BCUT2D eigenvalue weighted by Crippen LogP contribution is -2.29. The van der Waals surface area contributed by atoms with E-state index in [4.69, 9.17) is 5.73 Å². The lowest BCUT2D eigenvalue weighted by molar-refractivity contribution is 0.254. The van der Waals surface area contributed by atoms with E-state index < -0.39 is 11.6 Å². The van der Waals surface area contributed by atoms with E-state index in [2.05, 4.69) is 4.90 Å². The Labute approximate surface area is 106 Å². The summed E-state index contributed by atoms with van der Waals surface area (Å²) in [5, 5.41) is 0. The molecule has 2 atom stereocenters. The third kappa shape index (κ3) is 3.15. The fourth-order valence-corrected chi connectivity index (χ4v) is 2.20. The molecule has 1 aliphatic heterocycles. The summed E-state index contributed by atoms with van der Waals surface area (Å²) in [6.07, 6.45) is 0.938. The molecule has 2 rings (SSSR count). The molecule has 1 saturated heterocycles. The largest absolute Gasteiger partial charge is 0.326 e. The SMILES string of the molecule is CC(c1ccc(F)cc1F)N1CCC(N)C1.Cl. The van der Waals surface area contributed by atoms with E-state index in [1.165, 1.54) is 12.1 Å². The van der Waals surface area contributed by atoms with E-state index in [0.29, 0.717) is 5.56 Å². The van der Waals surface area contributed by atoms with E-state index >= 15 is 0 Å². The van der Waals surface area contributed by atoms with Crippen molar-refractivity contribution in [1.82, 2.24) is 4.90 Å². The van der Waals surface area contributed by atoms with Gasteiger partial charge in [0.1, 0.15) is 11.6 Å². The summed E-state index contributed by atoms with van der Waals surface area (Å²) in [6.45, 7) is 3.57. The minimum Gasteiger partial charge on any atom is -0.326 e. The second kappa shape index (κ2) is 5.76. The molecule has 0 radical (unpaired) electrons. The number of nitrogens with two attached hydrogens (primary N) is 1. The minimum atomic E-state index is -0.536. The van der Waals surface area contributed by atoms with Crippen molar-refractivity contribution < 1.29 is 8.78 Å². The van der Waals surface area contributed by atoms with Crippen LogP contribution in [-0.4, -0.2) is 24.0 Å². The molecule has 2 nitrogen and oxygen atoms in total. The monoisotopic (exact) mass is 262 g/mol. The van der Waals surface area contributed by atoms with E-state index in [9.17, 15) is 8.78 Å². The zero-order chi connectivity index (χ0) is 11.7. The van der Waals surface area contributed by atoms with Crippen LogP contribution >= 0.6 is 12.4 Å². The van der Waals surface area contributed by atoms with Crippen molar-refractivity contribution in [2.75, 3.05) is 13.1 Å². The van der Waals surface area contributed by atoms with Crippen molar-refractivity contribution in [2.45, 2.75) is 25.4 Å². The Morgan fingerprint density at radius 3 is 2.65 bits per heavy atom. The van der Waals surface area contributed by atoms with Crippen molar-refractivity contribution in [2.24, 2.45) is 5.73 Å². The molecule has 1 aromatic rings. The number of likely N-dealkylation sites (tertiary alicyclic amines) is 1. The van der Waals surface area contributed by atoms with Gasteiger partial charge < -0.3 is 5.73 Å². The molecule has 5 heteroatoms. The quantitative estimate of drug-likeness (QED) is 0.887. The Balaban J connectivity index is 0.00000144. The highest BCUT2D eigenvalue weighted by molar-refractivity contribution is 5.85. The summed E-state index contributed by atoms with van der Waals surface area (Å²) >= 11 is 0. The van der Waals surface area contributed by atoms with Gasteiger partial charge in [0.2, 0.25) is 0 Å². The molecule has 1 aromatic carbocycles. The summed E-state index contributed by atoms with van der Waals surface area (Å²) in [6, 6.07) is 3.87. The predicted octanol–water partition coefficient (Wildman–Crippen LogP) is 2.48. The molecule has 0 bridgehead atoms. The molecule has 96 valence electrons. The average molecular weight is 263 g/mol. The molecule has 0 amide bonds. The Bertz CT molecular complexity index is 387. The van der Waals surface area contributed by atoms with Gasteiger partial charge in [-0.2, -0.15) is 0 Å². The van der Waals surface area contributed by atoms with Gasteiger partial charge in [0, 0.05) is 36.8 Å². The third-order valence-corrected chi connectivity index (χ3v) is 3.22. The maximum Gasteiger partial charge on any atom is 0.130 e. The smallest absolute Gasteiger partial charge is 0.130 e. The molecule has 17 heavy (non-hydrogen) atoms. The van der Waals surface area contributed by atoms with Crippen molar-refractivity contribution in [1.29, 1.82) is 0 Å². The first-order chi connectivity index (χ1) is 7.58. The van der Waals surface area contributed by atoms with Gasteiger partial charge in [0.25, 0.3) is 0 Å². The van der Waals surface area contributed by atoms with Gasteiger partial charge in [-0.25, -0.2) is 8.78 Å². The predicted molar refractivity (Wildman–Crippen MR) is 66.2 cm³/mol. The summed E-state index contributed by atoms with van der Waals surface area (Å²) < 4.78 is 26.3. The van der Waals surface area contributed by atoms with Gasteiger partial charge in [-0.1, -0.05) is 6.07 Å². The number of hydrogen-bond acceptors (Lipinski definition) is 2. The Kier molecular flexibility index (Phi) is 4.86. The third-order valence-electron chi connectivity index (χ3n) is 3.22. The standard InChI is InChI=1S/C12H16F2N2.ClH/c1-8(16-5-4-10(15)7-16)11-3-2-9(13)6-12(11)14;/h2-3,6,8,10H,4-5,7,15H2,1H3;1H. The highest BCUT2D eigenvalue weighted by atomic mass is 35.5. The first-order valence-electron chi connectivity index (χ1n) is 5.52. The summed E-state index contributed by atoms with van der Waals surface area (Å²) in [4.78, 5) is 2.13. The zero-order valence-corrected chi connectivity index (χ0v) is 10.5. The van der Waals surface area contributed by atoms with Gasteiger partial charge in [0.15, 0.2) is 0 Å². The molecule has 0 aromatic heterocycles. The number of rotatable bonds is 2. The van der Waals surface area contributed by atoms with Crippen LogP contribution in [0.2, 0.25) is 0 Å². The van der Waals surface area contributed by atoms with Crippen molar-refractivity contribution in [3.05, 3.63) is 35.4 Å². The van der Waals surface area contributed by atoms with Crippen molar-refractivity contribution in [3.8, 4) is 0 Å². The zero-order valence-electron chi connectivity index (χ0n) is 9.70. The van der Waals surface area contributed by atoms with Crippen LogP contribution in [0.4, 0.5) is 8.78 Å². The topological polar surface area (TPSA) is 29.3 Å². The molecule has 0 aliphatic carbocycles. The van der Waals surface area contributed by atoms with E-state index in [1.807, 2.05) is 6.92 Å². The van der Waals surface area contributed by atoms with Gasteiger partial charge in [0.05, 0.1) is 0 Å². The number of halogens is 3. The van der Waals surface area contributed by atoms with Crippen LogP contribution in [0.25, 0.3) is 0 Å². The van der Waals surface area contributed by atoms with Gasteiger partial charge in [-0.05, 0) is 19.4 Å². The summed E-state index contributed by atoms with van der Waals surface area (Å²) in [5.74, 6) is -1.01. The Morgan fingerprint density at radius 2 is 2.12 bits per heavy atom. The van der Waals surface area contributed by atoms with Crippen molar-refractivity contribution >= 4 is 12.4 Å². The van der Waals surface area contributed by atoms with Crippen LogP contribution in [0.1, 0.15) is 24.9 Å². The lowest BCUT2D eigenvalue weighted by Gasteiger charge is -2.24. The molecular formula is C12H17ClF2N2. The molecule has 2 N–H and O–H groups in total. The molecule has 0 spiro atoms. The Hall–Kier alpha value is -0.710. The fourth-order valence-electron chi connectivity index (χ4n) is 2.20. The van der Waals surface area contributed by atoms with Crippen LogP contribution in [0.15, 0.2) is 18.2 Å². The summed E-state index contributed by atoms with van der Waals surface area (Å²) in [5.41, 5.74) is 6.35. The van der Waals surface area contributed by atoms with Gasteiger partial charge in [-0.3, -0.25) is 4.90 Å². The normalized spacial score (nSPS) is 22.2. The molecule has 2 unspecified atom stereocenters. The van der Waals surface area contributed by atoms with Gasteiger partial charge >= 0.3 is 0 Å². The molecule has 1 heterocycles. The summed E-state index contributed by atoms with van der Waals surface area (Å²) in [7, 11) is 0. The molecule has 1 fully saturated rings. The van der Waals surface area contributed by atoms with E-state index in [0.717, 1.165) is 25.6 Å². The first-order valence-corrected chi connectivity index (χ1v) is 5.52. The fraction of sp³-hybridized carbons (Fsp3) is 0.500. The Morgan fingerprint density at radius 1 is 1.41 bits per heavy atom. The van der Waals surface area contributed by atoms with Crippen LogP contribution in [-0.2, 0) is 0 Å². The average Bonchev–Trinajstić information content (AvgIpc) is 2.64. The lowest BCUT2D eigenvalue weighted by atomic mass is 10.1. The minimum absolute atomic E-state index is 0. The maximum absolute atomic E-state index is 13.6. The molecular weight excluding hydrogens is 246 g/mol. The van der Waals surface area contributed by atoms with Gasteiger partial charge in [-0.15, -0.1) is 12.4 Å². The molecule has 0 saturated carbocycles. The number of nitrogens with zero attached hydrogens (tertiary/aromatic N) is 1. The maximum atomic E-state index is 13.6. The number of benzene rings is 1. The first kappa shape index (κ1) is 14.4. The van der Waals surface area contributed by atoms with E-state index in [-0.39, 0.29) is 24.5 Å². The van der Waals surface area contributed by atoms with Crippen LogP contribution in [0.5, 0.6) is 0 Å². The van der Waals surface area contributed by atoms with Crippen LogP contribution < -0.4 is 5.73 Å². The highest BCUT2D eigenvalue weighted by Gasteiger charge is 2.25. The highest BCUT2D eigenvalue weighted by Crippen LogP contribution is 2.26. The van der Waals surface area contributed by atoms with Crippen molar-refractivity contribution in [3.63, 3.8) is 0 Å². The second-order valence-electron chi connectivity index (χ2n) is 4.39. The van der Waals surface area contributed by atoms with Crippen LogP contribution in [0.3, 0.4) is 0 Å². The van der Waals surface area contributed by atoms with Crippen LogP contribution in [0, 0.1) is 11.6 Å². The van der Waals surface area contributed by atoms with E-state index in [1.54, 1.807) is 0 Å². The number of hydrogen-bond donors (Lipinski definition) is 1. The molecule has 1 aliphatic rings.